The van der Waals surface area contributed by atoms with E-state index in [0.717, 1.165) is 4.47 Å². The van der Waals surface area contributed by atoms with Crippen molar-refractivity contribution in [2.75, 3.05) is 5.32 Å². The molecule has 2 amide bonds. The fourth-order valence-corrected chi connectivity index (χ4v) is 2.07. The van der Waals surface area contributed by atoms with Gasteiger partial charge in [0.25, 0.3) is 5.91 Å². The molecule has 2 N–H and O–H groups in total. The van der Waals surface area contributed by atoms with Gasteiger partial charge in [0.05, 0.1) is 6.42 Å². The number of carbonyl (C=O) groups excluding carboxylic acids is 2. The molecule has 0 aliphatic heterocycles. The van der Waals surface area contributed by atoms with E-state index in [1.165, 1.54) is 0 Å². The van der Waals surface area contributed by atoms with Gasteiger partial charge in [-0.15, -0.1) is 0 Å². The minimum absolute atomic E-state index is 0.102. The number of nitrogens with zero attached hydrogens (tertiary/aromatic N) is 1. The lowest BCUT2D eigenvalue weighted by Gasteiger charge is -2.05. The van der Waals surface area contributed by atoms with Crippen molar-refractivity contribution in [3.8, 4) is 0 Å². The molecule has 0 aromatic heterocycles. The molecule has 0 fully saturated rings. The number of rotatable bonds is 5. The number of hydrogen-bond acceptors (Lipinski definition) is 3. The summed E-state index contributed by atoms with van der Waals surface area (Å²) >= 11 is 3.33. The van der Waals surface area contributed by atoms with Gasteiger partial charge in [-0.25, -0.2) is 5.43 Å². The van der Waals surface area contributed by atoms with Crippen LogP contribution in [0.5, 0.6) is 0 Å². The van der Waals surface area contributed by atoms with Crippen molar-refractivity contribution in [2.45, 2.75) is 13.3 Å². The Labute approximate surface area is 142 Å². The summed E-state index contributed by atoms with van der Waals surface area (Å²) in [5.41, 5.74) is 4.18. The molecule has 23 heavy (non-hydrogen) atoms. The van der Waals surface area contributed by atoms with Crippen LogP contribution in [0.4, 0.5) is 5.69 Å². The number of amides is 2. The van der Waals surface area contributed by atoms with Gasteiger partial charge in [-0.2, -0.15) is 5.10 Å². The molecule has 0 atom stereocenters. The fourth-order valence-electron chi connectivity index (χ4n) is 1.81. The van der Waals surface area contributed by atoms with Crippen molar-refractivity contribution in [1.29, 1.82) is 0 Å². The molecule has 0 aliphatic rings. The molecule has 118 valence electrons. The van der Waals surface area contributed by atoms with Crippen LogP contribution in [0.25, 0.3) is 0 Å². The van der Waals surface area contributed by atoms with Crippen LogP contribution in [-0.4, -0.2) is 17.5 Å². The fraction of sp³-hybridized carbons (Fsp3) is 0.118. The number of carbonyl (C=O) groups is 2. The van der Waals surface area contributed by atoms with Crippen molar-refractivity contribution in [2.24, 2.45) is 5.10 Å². The Hall–Kier alpha value is -2.47. The lowest BCUT2D eigenvalue weighted by Crippen LogP contribution is -2.21. The number of hydrazone groups is 1. The zero-order chi connectivity index (χ0) is 16.7. The largest absolute Gasteiger partial charge is 0.326 e. The van der Waals surface area contributed by atoms with Crippen molar-refractivity contribution < 1.29 is 9.59 Å². The molecule has 0 saturated heterocycles. The first-order valence-corrected chi connectivity index (χ1v) is 7.78. The smallest absolute Gasteiger partial charge is 0.271 e. The monoisotopic (exact) mass is 373 g/mol. The van der Waals surface area contributed by atoms with Gasteiger partial charge in [0.15, 0.2) is 0 Å². The van der Waals surface area contributed by atoms with E-state index in [0.29, 0.717) is 17.0 Å². The van der Waals surface area contributed by atoms with E-state index in [4.69, 9.17) is 0 Å². The molecule has 0 heterocycles. The van der Waals surface area contributed by atoms with Crippen molar-refractivity contribution >= 4 is 39.1 Å². The second-order valence-electron chi connectivity index (χ2n) is 4.89. The Kier molecular flexibility index (Phi) is 6.05. The summed E-state index contributed by atoms with van der Waals surface area (Å²) in [6.45, 7) is 1.69. The first kappa shape index (κ1) is 16.9. The summed E-state index contributed by atoms with van der Waals surface area (Å²) in [7, 11) is 0. The third kappa shape index (κ3) is 5.67. The highest BCUT2D eigenvalue weighted by Crippen LogP contribution is 2.14. The van der Waals surface area contributed by atoms with Gasteiger partial charge in [0, 0.05) is 21.4 Å². The lowest BCUT2D eigenvalue weighted by molar-refractivity contribution is -0.115. The third-order valence-electron chi connectivity index (χ3n) is 2.93. The molecule has 0 radical (unpaired) electrons. The highest BCUT2D eigenvalue weighted by atomic mass is 79.9. The maximum absolute atomic E-state index is 11.9. The first-order valence-electron chi connectivity index (χ1n) is 6.98. The first-order chi connectivity index (χ1) is 11.0. The van der Waals surface area contributed by atoms with Gasteiger partial charge in [0.2, 0.25) is 5.91 Å². The summed E-state index contributed by atoms with van der Waals surface area (Å²) in [6, 6.07) is 16.1. The molecule has 5 nitrogen and oxygen atoms in total. The molecule has 2 aromatic carbocycles. The Balaban J connectivity index is 1.85. The van der Waals surface area contributed by atoms with Gasteiger partial charge in [-0.05, 0) is 43.3 Å². The van der Waals surface area contributed by atoms with Crippen LogP contribution in [0.1, 0.15) is 23.7 Å². The predicted octanol–water partition coefficient (Wildman–Crippen LogP) is 3.58. The highest BCUT2D eigenvalue weighted by molar-refractivity contribution is 9.10. The minimum Gasteiger partial charge on any atom is -0.326 e. The number of halogens is 1. The molecule has 2 aromatic rings. The second kappa shape index (κ2) is 8.24. The highest BCUT2D eigenvalue weighted by Gasteiger charge is 2.06. The molecule has 0 aliphatic carbocycles. The summed E-state index contributed by atoms with van der Waals surface area (Å²) in [4.78, 5) is 23.7. The van der Waals surface area contributed by atoms with Crippen molar-refractivity contribution in [3.05, 3.63) is 64.6 Å². The minimum atomic E-state index is -0.307. The maximum Gasteiger partial charge on any atom is 0.271 e. The molecule has 0 saturated carbocycles. The maximum atomic E-state index is 11.9. The Bertz CT molecular complexity index is 712. The zero-order valence-electron chi connectivity index (χ0n) is 12.5. The molecular weight excluding hydrogens is 358 g/mol. The van der Waals surface area contributed by atoms with Gasteiger partial charge in [-0.3, -0.25) is 9.59 Å². The Morgan fingerprint density at radius 2 is 1.70 bits per heavy atom. The van der Waals surface area contributed by atoms with Crippen LogP contribution >= 0.6 is 15.9 Å². The van der Waals surface area contributed by atoms with Crippen molar-refractivity contribution in [1.82, 2.24) is 5.43 Å². The van der Waals surface area contributed by atoms with Crippen LogP contribution in [-0.2, 0) is 4.79 Å². The molecule has 6 heteroatoms. The van der Waals surface area contributed by atoms with Crippen LogP contribution in [0.3, 0.4) is 0 Å². The SMILES string of the molecule is C/C(CC(=O)Nc1ccc(Br)cc1)=N/NC(=O)c1ccccc1. The quantitative estimate of drug-likeness (QED) is 0.620. The molecule has 0 spiro atoms. The molecule has 0 bridgehead atoms. The van der Waals surface area contributed by atoms with Crippen LogP contribution in [0.15, 0.2) is 64.2 Å². The van der Waals surface area contributed by atoms with Gasteiger partial charge in [0.1, 0.15) is 0 Å². The average Bonchev–Trinajstić information content (AvgIpc) is 2.55. The van der Waals surface area contributed by atoms with Crippen molar-refractivity contribution in [3.63, 3.8) is 0 Å². The van der Waals surface area contributed by atoms with Gasteiger partial charge >= 0.3 is 0 Å². The molecule has 0 unspecified atom stereocenters. The predicted molar refractivity (Wildman–Crippen MR) is 94.4 cm³/mol. The van der Waals surface area contributed by atoms with E-state index >= 15 is 0 Å². The lowest BCUT2D eigenvalue weighted by atomic mass is 10.2. The number of anilines is 1. The Morgan fingerprint density at radius 3 is 2.35 bits per heavy atom. The van der Waals surface area contributed by atoms with E-state index in [2.05, 4.69) is 31.8 Å². The summed E-state index contributed by atoms with van der Waals surface area (Å²) in [5.74, 6) is -0.499. The van der Waals surface area contributed by atoms with E-state index in [1.807, 2.05) is 18.2 Å². The standard InChI is InChI=1S/C17H16BrN3O2/c1-12(20-21-17(23)13-5-3-2-4-6-13)11-16(22)19-15-9-7-14(18)8-10-15/h2-10H,11H2,1H3,(H,19,22)(H,21,23)/b20-12-. The van der Waals surface area contributed by atoms with E-state index in [-0.39, 0.29) is 18.2 Å². The summed E-state index contributed by atoms with van der Waals surface area (Å²) < 4.78 is 0.942. The van der Waals surface area contributed by atoms with Gasteiger partial charge in [-0.1, -0.05) is 34.1 Å². The normalized spacial score (nSPS) is 11.0. The zero-order valence-corrected chi connectivity index (χ0v) is 14.1. The third-order valence-corrected chi connectivity index (χ3v) is 3.46. The number of benzene rings is 2. The topological polar surface area (TPSA) is 70.6 Å². The summed E-state index contributed by atoms with van der Waals surface area (Å²) in [6.07, 6.45) is 0.102. The van der Waals surface area contributed by atoms with Crippen LogP contribution < -0.4 is 10.7 Å². The van der Waals surface area contributed by atoms with E-state index < -0.39 is 0 Å². The second-order valence-corrected chi connectivity index (χ2v) is 5.80. The average molecular weight is 374 g/mol. The van der Waals surface area contributed by atoms with E-state index in [9.17, 15) is 9.59 Å². The van der Waals surface area contributed by atoms with Crippen LogP contribution in [0.2, 0.25) is 0 Å². The van der Waals surface area contributed by atoms with Gasteiger partial charge < -0.3 is 5.32 Å². The molecule has 2 rings (SSSR count). The number of nitrogens with one attached hydrogen (secondary N) is 2. The Morgan fingerprint density at radius 1 is 1.04 bits per heavy atom. The van der Waals surface area contributed by atoms with E-state index in [1.54, 1.807) is 43.3 Å². The van der Waals surface area contributed by atoms with Crippen LogP contribution in [0, 0.1) is 0 Å². The number of hydrogen-bond donors (Lipinski definition) is 2. The summed E-state index contributed by atoms with van der Waals surface area (Å²) in [5, 5.41) is 6.71. The molecular formula is C17H16BrN3O2.